The minimum absolute atomic E-state index is 0.355. The second kappa shape index (κ2) is 3.20. The van der Waals surface area contributed by atoms with Gasteiger partial charge in [-0.3, -0.25) is 0 Å². The number of nitrogens with zero attached hydrogens (tertiary/aromatic N) is 3. The van der Waals surface area contributed by atoms with Crippen LogP contribution in [0.4, 0.5) is 5.95 Å². The first kappa shape index (κ1) is 8.16. The van der Waals surface area contributed by atoms with E-state index in [0.717, 1.165) is 18.9 Å². The van der Waals surface area contributed by atoms with Gasteiger partial charge in [0.25, 0.3) is 5.95 Å². The summed E-state index contributed by atoms with van der Waals surface area (Å²) in [6.07, 6.45) is 3.99. The molecule has 0 amide bonds. The van der Waals surface area contributed by atoms with Crippen molar-refractivity contribution < 1.29 is 4.74 Å². The standard InChI is InChI=1S/C8H13N5O/c1-2-5(1)7-6(3-4-14-7)9-8-10-12-13-11-8/h5-7H,1-4H2,(H2,9,10,11,12,13). The molecule has 0 radical (unpaired) electrons. The quantitative estimate of drug-likeness (QED) is 0.719. The molecule has 6 heteroatoms. The van der Waals surface area contributed by atoms with Gasteiger partial charge in [0.05, 0.1) is 12.1 Å². The molecular weight excluding hydrogens is 182 g/mol. The molecule has 1 aromatic heterocycles. The van der Waals surface area contributed by atoms with Gasteiger partial charge in [-0.15, -0.1) is 5.10 Å². The van der Waals surface area contributed by atoms with Gasteiger partial charge in [-0.25, -0.2) is 0 Å². The predicted molar refractivity (Wildman–Crippen MR) is 48.7 cm³/mol. The lowest BCUT2D eigenvalue weighted by atomic mass is 10.1. The average molecular weight is 195 g/mol. The minimum Gasteiger partial charge on any atom is -0.376 e. The zero-order chi connectivity index (χ0) is 9.38. The Hall–Kier alpha value is -1.17. The summed E-state index contributed by atoms with van der Waals surface area (Å²) < 4.78 is 5.69. The lowest BCUT2D eigenvalue weighted by Gasteiger charge is -2.17. The van der Waals surface area contributed by atoms with Crippen LogP contribution >= 0.6 is 0 Å². The lowest BCUT2D eigenvalue weighted by Crippen LogP contribution is -2.31. The molecular formula is C8H13N5O. The molecule has 0 bridgehead atoms. The SMILES string of the molecule is C1CC(Nc2nn[nH]n2)C(C2CC2)O1. The maximum absolute atomic E-state index is 5.69. The molecule has 1 saturated carbocycles. The van der Waals surface area contributed by atoms with Gasteiger partial charge >= 0.3 is 0 Å². The molecule has 14 heavy (non-hydrogen) atoms. The third kappa shape index (κ3) is 1.45. The van der Waals surface area contributed by atoms with Gasteiger partial charge in [0.1, 0.15) is 0 Å². The molecule has 2 atom stereocenters. The van der Waals surface area contributed by atoms with Crippen LogP contribution in [0.1, 0.15) is 19.3 Å². The molecule has 2 heterocycles. The second-order valence-electron chi connectivity index (χ2n) is 3.95. The molecule has 1 aromatic rings. The zero-order valence-corrected chi connectivity index (χ0v) is 7.81. The van der Waals surface area contributed by atoms with Crippen LogP contribution < -0.4 is 5.32 Å². The van der Waals surface area contributed by atoms with E-state index in [4.69, 9.17) is 4.74 Å². The van der Waals surface area contributed by atoms with Gasteiger partial charge in [-0.1, -0.05) is 5.10 Å². The maximum Gasteiger partial charge on any atom is 0.263 e. The molecule has 2 aliphatic rings. The van der Waals surface area contributed by atoms with Crippen LogP contribution in [0, 0.1) is 5.92 Å². The summed E-state index contributed by atoms with van der Waals surface area (Å²) in [5.74, 6) is 1.33. The fourth-order valence-corrected chi connectivity index (χ4v) is 2.04. The lowest BCUT2D eigenvalue weighted by molar-refractivity contribution is 0.0897. The van der Waals surface area contributed by atoms with Crippen molar-refractivity contribution >= 4 is 5.95 Å². The highest BCUT2D eigenvalue weighted by molar-refractivity contribution is 5.23. The molecule has 76 valence electrons. The van der Waals surface area contributed by atoms with Crippen LogP contribution in [0.25, 0.3) is 0 Å². The van der Waals surface area contributed by atoms with Crippen molar-refractivity contribution in [1.82, 2.24) is 20.6 Å². The number of aromatic amines is 1. The Morgan fingerprint density at radius 1 is 1.36 bits per heavy atom. The van der Waals surface area contributed by atoms with Crippen LogP contribution in [-0.2, 0) is 4.74 Å². The molecule has 1 aliphatic heterocycles. The number of H-pyrrole nitrogens is 1. The summed E-state index contributed by atoms with van der Waals surface area (Å²) in [4.78, 5) is 0. The van der Waals surface area contributed by atoms with Gasteiger partial charge in [0, 0.05) is 6.61 Å². The predicted octanol–water partition coefficient (Wildman–Crippen LogP) is 0.179. The summed E-state index contributed by atoms with van der Waals surface area (Å²) in [6.45, 7) is 0.844. The third-order valence-corrected chi connectivity index (χ3v) is 2.88. The van der Waals surface area contributed by atoms with Crippen molar-refractivity contribution in [2.45, 2.75) is 31.4 Å². The molecule has 2 fully saturated rings. The number of nitrogens with one attached hydrogen (secondary N) is 2. The van der Waals surface area contributed by atoms with E-state index in [0.29, 0.717) is 18.1 Å². The van der Waals surface area contributed by atoms with Crippen LogP contribution in [0.2, 0.25) is 0 Å². The maximum atomic E-state index is 5.69. The van der Waals surface area contributed by atoms with E-state index < -0.39 is 0 Å². The Morgan fingerprint density at radius 3 is 3.00 bits per heavy atom. The first-order valence-corrected chi connectivity index (χ1v) is 5.05. The van der Waals surface area contributed by atoms with Gasteiger partial charge in [0.15, 0.2) is 0 Å². The first-order valence-electron chi connectivity index (χ1n) is 5.05. The van der Waals surface area contributed by atoms with E-state index in [9.17, 15) is 0 Å². The van der Waals surface area contributed by atoms with Crippen molar-refractivity contribution in [3.63, 3.8) is 0 Å². The normalized spacial score (nSPS) is 32.0. The highest BCUT2D eigenvalue weighted by Gasteiger charge is 2.40. The van der Waals surface area contributed by atoms with Crippen molar-refractivity contribution in [1.29, 1.82) is 0 Å². The Kier molecular flexibility index (Phi) is 1.86. The van der Waals surface area contributed by atoms with Gasteiger partial charge in [-0.2, -0.15) is 5.21 Å². The van der Waals surface area contributed by atoms with E-state index in [1.54, 1.807) is 0 Å². The van der Waals surface area contributed by atoms with Crippen molar-refractivity contribution in [3.8, 4) is 0 Å². The largest absolute Gasteiger partial charge is 0.376 e. The Bertz CT molecular complexity index is 297. The van der Waals surface area contributed by atoms with E-state index >= 15 is 0 Å². The topological polar surface area (TPSA) is 75.7 Å². The molecule has 1 saturated heterocycles. The number of ether oxygens (including phenoxy) is 1. The molecule has 2 unspecified atom stereocenters. The van der Waals surface area contributed by atoms with Gasteiger partial charge < -0.3 is 10.1 Å². The number of rotatable bonds is 3. The smallest absolute Gasteiger partial charge is 0.263 e. The van der Waals surface area contributed by atoms with Gasteiger partial charge in [-0.05, 0) is 30.4 Å². The average Bonchev–Trinajstić information content (AvgIpc) is 2.74. The van der Waals surface area contributed by atoms with Crippen molar-refractivity contribution in [2.24, 2.45) is 5.92 Å². The summed E-state index contributed by atoms with van der Waals surface area (Å²) >= 11 is 0. The van der Waals surface area contributed by atoms with E-state index in [1.165, 1.54) is 12.8 Å². The molecule has 1 aliphatic carbocycles. The van der Waals surface area contributed by atoms with Crippen LogP contribution in [0.5, 0.6) is 0 Å². The Balaban J connectivity index is 1.65. The highest BCUT2D eigenvalue weighted by Crippen LogP contribution is 2.39. The number of hydrogen-bond donors (Lipinski definition) is 2. The van der Waals surface area contributed by atoms with Crippen LogP contribution in [-0.4, -0.2) is 39.4 Å². The molecule has 6 nitrogen and oxygen atoms in total. The Morgan fingerprint density at radius 2 is 2.29 bits per heavy atom. The number of tetrazole rings is 1. The monoisotopic (exact) mass is 195 g/mol. The number of aromatic nitrogens is 4. The molecule has 3 rings (SSSR count). The van der Waals surface area contributed by atoms with E-state index in [-0.39, 0.29) is 0 Å². The molecule has 2 N–H and O–H groups in total. The van der Waals surface area contributed by atoms with Crippen molar-refractivity contribution in [2.75, 3.05) is 11.9 Å². The summed E-state index contributed by atoms with van der Waals surface area (Å²) in [5.41, 5.74) is 0. The molecule has 0 aromatic carbocycles. The fourth-order valence-electron chi connectivity index (χ4n) is 2.04. The van der Waals surface area contributed by atoms with Crippen LogP contribution in [0.3, 0.4) is 0 Å². The summed E-state index contributed by atoms with van der Waals surface area (Å²) in [6, 6.07) is 0.361. The fraction of sp³-hybridized carbons (Fsp3) is 0.875. The highest BCUT2D eigenvalue weighted by atomic mass is 16.5. The first-order chi connectivity index (χ1) is 6.93. The summed E-state index contributed by atoms with van der Waals surface area (Å²) in [5, 5.41) is 17.0. The zero-order valence-electron chi connectivity index (χ0n) is 7.81. The van der Waals surface area contributed by atoms with E-state index in [2.05, 4.69) is 25.9 Å². The number of hydrogen-bond acceptors (Lipinski definition) is 5. The van der Waals surface area contributed by atoms with Crippen LogP contribution in [0.15, 0.2) is 0 Å². The Labute approximate surface area is 81.4 Å². The minimum atomic E-state index is 0.355. The van der Waals surface area contributed by atoms with Crippen molar-refractivity contribution in [3.05, 3.63) is 0 Å². The number of anilines is 1. The van der Waals surface area contributed by atoms with E-state index in [1.807, 2.05) is 0 Å². The molecule has 0 spiro atoms. The third-order valence-electron chi connectivity index (χ3n) is 2.88. The second-order valence-corrected chi connectivity index (χ2v) is 3.95. The van der Waals surface area contributed by atoms with Gasteiger partial charge in [0.2, 0.25) is 0 Å². The summed E-state index contributed by atoms with van der Waals surface area (Å²) in [7, 11) is 0.